The van der Waals surface area contributed by atoms with Crippen LogP contribution < -0.4 is 10.6 Å². The average molecular weight is 246 g/mol. The first-order chi connectivity index (χ1) is 7.50. The van der Waals surface area contributed by atoms with E-state index in [1.165, 1.54) is 0 Å². The van der Waals surface area contributed by atoms with Crippen LogP contribution in [0.5, 0.6) is 0 Å². The molecule has 0 spiro atoms. The normalized spacial score (nSPS) is 28.7. The lowest BCUT2D eigenvalue weighted by molar-refractivity contribution is -0.126. The summed E-state index contributed by atoms with van der Waals surface area (Å²) in [4.78, 5) is 11.9. The van der Waals surface area contributed by atoms with Gasteiger partial charge in [-0.05, 0) is 25.8 Å². The molecule has 0 radical (unpaired) electrons. The second kappa shape index (κ2) is 6.35. The molecule has 1 aliphatic rings. The molecule has 5 heteroatoms. The lowest BCUT2D eigenvalue weighted by Crippen LogP contribution is -2.40. The maximum Gasteiger partial charge on any atom is 0.224 e. The van der Waals surface area contributed by atoms with Crippen molar-refractivity contribution in [2.24, 2.45) is 11.8 Å². The van der Waals surface area contributed by atoms with Gasteiger partial charge in [-0.2, -0.15) is 0 Å². The van der Waals surface area contributed by atoms with Crippen molar-refractivity contribution >= 4 is 16.7 Å². The number of carbonyl (C=O) groups is 1. The molecule has 0 saturated carbocycles. The van der Waals surface area contributed by atoms with E-state index in [9.17, 15) is 9.00 Å². The first-order valence-electron chi connectivity index (χ1n) is 5.81. The number of hydrogen-bond acceptors (Lipinski definition) is 3. The molecule has 4 nitrogen and oxygen atoms in total. The molecule has 0 aliphatic carbocycles. The quantitative estimate of drug-likeness (QED) is 0.724. The largest absolute Gasteiger partial charge is 0.353 e. The predicted molar refractivity (Wildman–Crippen MR) is 66.7 cm³/mol. The fourth-order valence-electron chi connectivity index (χ4n) is 1.93. The molecule has 1 fully saturated rings. The minimum absolute atomic E-state index is 0.0922. The molecule has 1 saturated heterocycles. The standard InChI is InChI=1S/C11H22N2O2S/c1-8-6-12-7-10(8)11(14)13-9(2)4-5-16(3)15/h8-10,12H,4-7H2,1-3H3,(H,13,14). The average Bonchev–Trinajstić information content (AvgIpc) is 2.61. The molecule has 1 rings (SSSR count). The van der Waals surface area contributed by atoms with Gasteiger partial charge >= 0.3 is 0 Å². The second-order valence-electron chi connectivity index (χ2n) is 4.72. The molecule has 1 heterocycles. The van der Waals surface area contributed by atoms with Crippen LogP contribution in [0.3, 0.4) is 0 Å². The fourth-order valence-corrected chi connectivity index (χ4v) is 2.61. The van der Waals surface area contributed by atoms with Crippen molar-refractivity contribution in [2.45, 2.75) is 26.3 Å². The molecule has 16 heavy (non-hydrogen) atoms. The van der Waals surface area contributed by atoms with Gasteiger partial charge in [0.05, 0.1) is 5.92 Å². The highest BCUT2D eigenvalue weighted by Gasteiger charge is 2.29. The Hall–Kier alpha value is -0.420. The highest BCUT2D eigenvalue weighted by Crippen LogP contribution is 2.16. The van der Waals surface area contributed by atoms with Crippen LogP contribution in [-0.4, -0.2) is 41.3 Å². The van der Waals surface area contributed by atoms with Crippen LogP contribution >= 0.6 is 0 Å². The first kappa shape index (κ1) is 13.6. The van der Waals surface area contributed by atoms with E-state index in [0.717, 1.165) is 19.5 Å². The van der Waals surface area contributed by atoms with Gasteiger partial charge in [-0.3, -0.25) is 9.00 Å². The maximum absolute atomic E-state index is 11.9. The van der Waals surface area contributed by atoms with Crippen molar-refractivity contribution in [3.05, 3.63) is 0 Å². The van der Waals surface area contributed by atoms with Gasteiger partial charge in [0.25, 0.3) is 0 Å². The Balaban J connectivity index is 2.30. The monoisotopic (exact) mass is 246 g/mol. The topological polar surface area (TPSA) is 58.2 Å². The Morgan fingerprint density at radius 1 is 1.56 bits per heavy atom. The summed E-state index contributed by atoms with van der Waals surface area (Å²) in [6, 6.07) is 0.115. The highest BCUT2D eigenvalue weighted by atomic mass is 32.2. The van der Waals surface area contributed by atoms with Gasteiger partial charge in [0.15, 0.2) is 0 Å². The molecule has 2 N–H and O–H groups in total. The number of amides is 1. The van der Waals surface area contributed by atoms with Gasteiger partial charge in [-0.15, -0.1) is 0 Å². The Morgan fingerprint density at radius 2 is 2.25 bits per heavy atom. The van der Waals surface area contributed by atoms with E-state index in [1.54, 1.807) is 6.26 Å². The summed E-state index contributed by atoms with van der Waals surface area (Å²) in [6.45, 7) is 5.76. The van der Waals surface area contributed by atoms with Gasteiger partial charge in [0.1, 0.15) is 0 Å². The Labute approximate surface area is 100 Å². The second-order valence-corrected chi connectivity index (χ2v) is 6.27. The van der Waals surface area contributed by atoms with Crippen molar-refractivity contribution in [2.75, 3.05) is 25.1 Å². The minimum Gasteiger partial charge on any atom is -0.353 e. The van der Waals surface area contributed by atoms with Crippen LogP contribution in [0.1, 0.15) is 20.3 Å². The summed E-state index contributed by atoms with van der Waals surface area (Å²) in [7, 11) is -0.774. The van der Waals surface area contributed by atoms with E-state index in [4.69, 9.17) is 0 Å². The first-order valence-corrected chi connectivity index (χ1v) is 7.54. The third-order valence-electron chi connectivity index (χ3n) is 3.08. The smallest absolute Gasteiger partial charge is 0.224 e. The predicted octanol–water partition coefficient (Wildman–Crippen LogP) is 0.115. The van der Waals surface area contributed by atoms with Crippen molar-refractivity contribution in [3.63, 3.8) is 0 Å². The summed E-state index contributed by atoms with van der Waals surface area (Å²) in [5.41, 5.74) is 0. The van der Waals surface area contributed by atoms with E-state index in [1.807, 2.05) is 6.92 Å². The molecule has 0 aromatic heterocycles. The SMILES string of the molecule is CC(CCS(C)=O)NC(=O)C1CNCC1C. The molecule has 0 bridgehead atoms. The zero-order valence-corrected chi connectivity index (χ0v) is 11.1. The highest BCUT2D eigenvalue weighted by molar-refractivity contribution is 7.84. The molecule has 4 unspecified atom stereocenters. The summed E-state index contributed by atoms with van der Waals surface area (Å²) in [5.74, 6) is 1.29. The van der Waals surface area contributed by atoms with Crippen LogP contribution in [0.2, 0.25) is 0 Å². The molecule has 1 aliphatic heterocycles. The molecule has 1 amide bonds. The van der Waals surface area contributed by atoms with E-state index >= 15 is 0 Å². The summed E-state index contributed by atoms with van der Waals surface area (Å²) in [5, 5.41) is 6.21. The molecule has 0 aromatic rings. The van der Waals surface area contributed by atoms with Crippen molar-refractivity contribution in [1.82, 2.24) is 10.6 Å². The van der Waals surface area contributed by atoms with Crippen LogP contribution in [0.25, 0.3) is 0 Å². The van der Waals surface area contributed by atoms with Gasteiger partial charge in [0.2, 0.25) is 5.91 Å². The molecule has 4 atom stereocenters. The van der Waals surface area contributed by atoms with Crippen molar-refractivity contribution in [3.8, 4) is 0 Å². The van der Waals surface area contributed by atoms with Crippen molar-refractivity contribution in [1.29, 1.82) is 0 Å². The van der Waals surface area contributed by atoms with E-state index < -0.39 is 10.8 Å². The number of rotatable bonds is 5. The summed E-state index contributed by atoms with van der Waals surface area (Å²) in [6.07, 6.45) is 2.47. The molecule has 0 aromatic carbocycles. The Bertz CT molecular complexity index is 271. The van der Waals surface area contributed by atoms with E-state index in [2.05, 4.69) is 17.6 Å². The van der Waals surface area contributed by atoms with Gasteiger partial charge in [-0.25, -0.2) is 0 Å². The number of nitrogens with one attached hydrogen (secondary N) is 2. The fraction of sp³-hybridized carbons (Fsp3) is 0.909. The van der Waals surface area contributed by atoms with Gasteiger partial charge in [-0.1, -0.05) is 6.92 Å². The number of carbonyl (C=O) groups excluding carboxylic acids is 1. The van der Waals surface area contributed by atoms with Crippen LogP contribution in [0.4, 0.5) is 0 Å². The Kier molecular flexibility index (Phi) is 5.41. The third kappa shape index (κ3) is 4.22. The van der Waals surface area contributed by atoms with Crippen LogP contribution in [0.15, 0.2) is 0 Å². The van der Waals surface area contributed by atoms with E-state index in [-0.39, 0.29) is 17.9 Å². The summed E-state index contributed by atoms with van der Waals surface area (Å²) < 4.78 is 10.9. The van der Waals surface area contributed by atoms with E-state index in [0.29, 0.717) is 11.7 Å². The number of hydrogen-bond donors (Lipinski definition) is 2. The molecular weight excluding hydrogens is 224 g/mol. The lowest BCUT2D eigenvalue weighted by Gasteiger charge is -2.18. The van der Waals surface area contributed by atoms with Crippen molar-refractivity contribution < 1.29 is 9.00 Å². The van der Waals surface area contributed by atoms with Crippen LogP contribution in [0, 0.1) is 11.8 Å². The lowest BCUT2D eigenvalue weighted by atomic mass is 9.97. The maximum atomic E-state index is 11.9. The molecular formula is C11H22N2O2S. The third-order valence-corrected chi connectivity index (χ3v) is 3.89. The minimum atomic E-state index is -0.774. The molecule has 94 valence electrons. The Morgan fingerprint density at radius 3 is 2.75 bits per heavy atom. The zero-order valence-electron chi connectivity index (χ0n) is 10.3. The van der Waals surface area contributed by atoms with Gasteiger partial charge in [0, 0.05) is 35.4 Å². The van der Waals surface area contributed by atoms with Gasteiger partial charge < -0.3 is 10.6 Å². The summed E-state index contributed by atoms with van der Waals surface area (Å²) >= 11 is 0. The zero-order chi connectivity index (χ0) is 12.1. The van der Waals surface area contributed by atoms with Crippen LogP contribution in [-0.2, 0) is 15.6 Å².